The van der Waals surface area contributed by atoms with Crippen LogP contribution in [-0.2, 0) is 14.3 Å². The Bertz CT molecular complexity index is 497. The van der Waals surface area contributed by atoms with E-state index in [4.69, 9.17) is 4.74 Å². The fourth-order valence-corrected chi connectivity index (χ4v) is 3.03. The number of carbonyl (C=O) groups is 2. The second-order valence-corrected chi connectivity index (χ2v) is 6.51. The van der Waals surface area contributed by atoms with Gasteiger partial charge in [0.2, 0.25) is 0 Å². The predicted molar refractivity (Wildman–Crippen MR) is 80.6 cm³/mol. The standard InChI is InChI=1S/C17H24O4/c1-12(8-9-18)6-7-15-16(3,4)10-14(21-13(2)19)11-17(15,5)20/h6,8-9,14,20H,10-11H2,1-5H3/b12-8+/t7?,14-,17+/m0/s1. The van der Waals surface area contributed by atoms with E-state index in [0.717, 1.165) is 17.4 Å². The van der Waals surface area contributed by atoms with Crippen molar-refractivity contribution in [2.24, 2.45) is 5.41 Å². The Morgan fingerprint density at radius 2 is 1.95 bits per heavy atom. The molecule has 0 amide bonds. The Hall–Kier alpha value is -1.64. The SMILES string of the molecule is CC(=O)O[C@H]1CC(C)(C)C(=C=C/C(C)=C/C=O)[C@](C)(O)C1. The second kappa shape index (κ2) is 6.42. The topological polar surface area (TPSA) is 63.6 Å². The van der Waals surface area contributed by atoms with Gasteiger partial charge in [-0.2, -0.15) is 0 Å². The van der Waals surface area contributed by atoms with Crippen molar-refractivity contribution in [1.82, 2.24) is 0 Å². The third kappa shape index (κ3) is 4.69. The summed E-state index contributed by atoms with van der Waals surface area (Å²) in [5.41, 5.74) is 3.22. The van der Waals surface area contributed by atoms with E-state index in [1.54, 1.807) is 19.9 Å². The first kappa shape index (κ1) is 17.4. The normalized spacial score (nSPS) is 28.6. The minimum absolute atomic E-state index is 0.301. The van der Waals surface area contributed by atoms with E-state index in [-0.39, 0.29) is 17.5 Å². The van der Waals surface area contributed by atoms with Gasteiger partial charge < -0.3 is 9.84 Å². The van der Waals surface area contributed by atoms with Gasteiger partial charge in [0.25, 0.3) is 0 Å². The fraction of sp³-hybridized carbons (Fsp3) is 0.588. The molecule has 116 valence electrons. The highest BCUT2D eigenvalue weighted by Crippen LogP contribution is 2.46. The lowest BCUT2D eigenvalue weighted by molar-refractivity contribution is -0.152. The summed E-state index contributed by atoms with van der Waals surface area (Å²) in [6.45, 7) is 8.87. The summed E-state index contributed by atoms with van der Waals surface area (Å²) in [7, 11) is 0. The van der Waals surface area contributed by atoms with Crippen LogP contribution in [0.5, 0.6) is 0 Å². The lowest BCUT2D eigenvalue weighted by atomic mass is 9.65. The third-order valence-corrected chi connectivity index (χ3v) is 3.69. The first-order chi connectivity index (χ1) is 9.58. The van der Waals surface area contributed by atoms with Crippen LogP contribution in [0.25, 0.3) is 0 Å². The van der Waals surface area contributed by atoms with Crippen LogP contribution in [0.3, 0.4) is 0 Å². The number of hydrogen-bond acceptors (Lipinski definition) is 4. The van der Waals surface area contributed by atoms with Gasteiger partial charge >= 0.3 is 5.97 Å². The maximum atomic E-state index is 11.1. The summed E-state index contributed by atoms with van der Waals surface area (Å²) < 4.78 is 5.27. The number of esters is 1. The third-order valence-electron chi connectivity index (χ3n) is 3.69. The van der Waals surface area contributed by atoms with Gasteiger partial charge in [0, 0.05) is 18.9 Å². The van der Waals surface area contributed by atoms with Crippen LogP contribution < -0.4 is 0 Å². The van der Waals surface area contributed by atoms with E-state index >= 15 is 0 Å². The highest BCUT2D eigenvalue weighted by molar-refractivity contribution is 5.67. The van der Waals surface area contributed by atoms with Crippen LogP contribution in [0, 0.1) is 5.41 Å². The van der Waals surface area contributed by atoms with E-state index in [2.05, 4.69) is 5.73 Å². The summed E-state index contributed by atoms with van der Waals surface area (Å²) in [5.74, 6) is -0.334. The van der Waals surface area contributed by atoms with Crippen molar-refractivity contribution in [1.29, 1.82) is 0 Å². The Morgan fingerprint density at radius 3 is 2.43 bits per heavy atom. The van der Waals surface area contributed by atoms with Crippen molar-refractivity contribution >= 4 is 12.3 Å². The molecule has 0 saturated heterocycles. The largest absolute Gasteiger partial charge is 0.462 e. The molecule has 4 heteroatoms. The lowest BCUT2D eigenvalue weighted by Crippen LogP contribution is -2.46. The molecular formula is C17H24O4. The Labute approximate surface area is 126 Å². The van der Waals surface area contributed by atoms with Gasteiger partial charge in [-0.25, -0.2) is 0 Å². The zero-order valence-electron chi connectivity index (χ0n) is 13.4. The van der Waals surface area contributed by atoms with Crippen molar-refractivity contribution in [2.75, 3.05) is 0 Å². The van der Waals surface area contributed by atoms with Crippen molar-refractivity contribution in [3.8, 4) is 0 Å². The molecule has 2 atom stereocenters. The van der Waals surface area contributed by atoms with Gasteiger partial charge in [-0.3, -0.25) is 9.59 Å². The fourth-order valence-electron chi connectivity index (χ4n) is 3.03. The number of hydrogen-bond donors (Lipinski definition) is 1. The van der Waals surface area contributed by atoms with Gasteiger partial charge in [0.05, 0.1) is 5.60 Å². The van der Waals surface area contributed by atoms with Crippen LogP contribution in [0.2, 0.25) is 0 Å². The highest BCUT2D eigenvalue weighted by atomic mass is 16.5. The summed E-state index contributed by atoms with van der Waals surface area (Å²) >= 11 is 0. The first-order valence-corrected chi connectivity index (χ1v) is 7.08. The zero-order valence-corrected chi connectivity index (χ0v) is 13.4. The van der Waals surface area contributed by atoms with E-state index in [1.807, 2.05) is 13.8 Å². The molecule has 1 aliphatic rings. The predicted octanol–water partition coefficient (Wildman–Crippen LogP) is 2.72. The molecule has 21 heavy (non-hydrogen) atoms. The molecule has 1 rings (SSSR count). The molecular weight excluding hydrogens is 268 g/mol. The summed E-state index contributed by atoms with van der Waals surface area (Å²) in [5, 5.41) is 10.7. The molecule has 1 N–H and O–H groups in total. The molecule has 0 spiro atoms. The summed E-state index contributed by atoms with van der Waals surface area (Å²) in [6, 6.07) is 0. The first-order valence-electron chi connectivity index (χ1n) is 7.08. The number of rotatable bonds is 3. The van der Waals surface area contributed by atoms with Crippen LogP contribution in [0.15, 0.2) is 29.0 Å². The Morgan fingerprint density at radius 1 is 1.33 bits per heavy atom. The van der Waals surface area contributed by atoms with E-state index < -0.39 is 5.60 Å². The molecule has 0 aromatic rings. The molecule has 0 aliphatic heterocycles. The van der Waals surface area contributed by atoms with Gasteiger partial charge in [-0.05, 0) is 43.4 Å². The molecule has 0 aromatic heterocycles. The zero-order chi connectivity index (χ0) is 16.3. The summed E-state index contributed by atoms with van der Waals surface area (Å²) in [6.07, 6.45) is 4.55. The molecule has 0 bridgehead atoms. The maximum absolute atomic E-state index is 11.1. The van der Waals surface area contributed by atoms with Crippen molar-refractivity contribution < 1.29 is 19.4 Å². The van der Waals surface area contributed by atoms with Gasteiger partial charge in [0.1, 0.15) is 12.4 Å². The summed E-state index contributed by atoms with van der Waals surface area (Å²) in [4.78, 5) is 21.6. The molecule has 1 fully saturated rings. The van der Waals surface area contributed by atoms with Crippen molar-refractivity contribution in [2.45, 2.75) is 59.2 Å². The van der Waals surface area contributed by atoms with Crippen molar-refractivity contribution in [3.63, 3.8) is 0 Å². The van der Waals surface area contributed by atoms with Crippen LogP contribution in [-0.4, -0.2) is 29.1 Å². The number of aliphatic hydroxyl groups is 1. The molecule has 0 aromatic carbocycles. The molecule has 0 heterocycles. The van der Waals surface area contributed by atoms with Crippen LogP contribution >= 0.6 is 0 Å². The average molecular weight is 292 g/mol. The minimum Gasteiger partial charge on any atom is -0.462 e. The molecule has 1 saturated carbocycles. The molecule has 4 nitrogen and oxygen atoms in total. The number of aldehydes is 1. The average Bonchev–Trinajstić information content (AvgIpc) is 2.24. The van der Waals surface area contributed by atoms with E-state index in [9.17, 15) is 14.7 Å². The Balaban J connectivity index is 3.16. The van der Waals surface area contributed by atoms with Gasteiger partial charge in [-0.15, -0.1) is 5.73 Å². The van der Waals surface area contributed by atoms with Gasteiger partial charge in [-0.1, -0.05) is 13.8 Å². The van der Waals surface area contributed by atoms with Crippen molar-refractivity contribution in [3.05, 3.63) is 29.0 Å². The Kier molecular flexibility index (Phi) is 5.32. The van der Waals surface area contributed by atoms with E-state index in [0.29, 0.717) is 12.8 Å². The lowest BCUT2D eigenvalue weighted by Gasteiger charge is -2.44. The van der Waals surface area contributed by atoms with E-state index in [1.165, 1.54) is 13.0 Å². The molecule has 0 radical (unpaired) electrons. The minimum atomic E-state index is -1.10. The second-order valence-electron chi connectivity index (χ2n) is 6.51. The molecule has 1 aliphatic carbocycles. The number of ether oxygens (including phenoxy) is 1. The smallest absolute Gasteiger partial charge is 0.302 e. The molecule has 0 unspecified atom stereocenters. The monoisotopic (exact) mass is 292 g/mol. The van der Waals surface area contributed by atoms with Crippen LogP contribution in [0.4, 0.5) is 0 Å². The van der Waals surface area contributed by atoms with Crippen LogP contribution in [0.1, 0.15) is 47.5 Å². The number of allylic oxidation sites excluding steroid dienone is 2. The van der Waals surface area contributed by atoms with Gasteiger partial charge in [0.15, 0.2) is 0 Å². The highest BCUT2D eigenvalue weighted by Gasteiger charge is 2.46. The quantitative estimate of drug-likeness (QED) is 0.286. The maximum Gasteiger partial charge on any atom is 0.302 e. The number of carbonyl (C=O) groups excluding carboxylic acids is 2.